The molecule has 0 radical (unpaired) electrons. The third-order valence-electron chi connectivity index (χ3n) is 11.5. The first kappa shape index (κ1) is 47.9. The molecule has 13 heteroatoms. The van der Waals surface area contributed by atoms with E-state index in [-0.39, 0.29) is 29.1 Å². The van der Waals surface area contributed by atoms with E-state index in [2.05, 4.69) is 46.2 Å². The Morgan fingerprint density at radius 2 is 0.985 bits per heavy atom. The SMILES string of the molecule is CNC1CCN(C)CC1.Cc1cc(C(=O)N(C)C2CCN(C)CC2)cc(-c2ccc(Oc3ccc(F)cc3)cc2)n1.Cc1cc(C(=O)O)cc(-c2ccc(Oc3ccc(F)cc3)cc2)n1. The zero-order valence-corrected chi connectivity index (χ0v) is 37.9. The molecule has 2 N–H and O–H groups in total. The van der Waals surface area contributed by atoms with E-state index in [0.717, 1.165) is 54.5 Å². The summed E-state index contributed by atoms with van der Waals surface area (Å²) < 4.78 is 37.3. The Morgan fingerprint density at radius 1 is 0.615 bits per heavy atom. The van der Waals surface area contributed by atoms with Crippen LogP contribution in [0.2, 0.25) is 0 Å². The van der Waals surface area contributed by atoms with Gasteiger partial charge in [-0.1, -0.05) is 0 Å². The molecular weight excluding hydrogens is 827 g/mol. The summed E-state index contributed by atoms with van der Waals surface area (Å²) in [6.45, 7) is 8.19. The van der Waals surface area contributed by atoms with Crippen LogP contribution in [-0.4, -0.2) is 108 Å². The van der Waals surface area contributed by atoms with Crippen molar-refractivity contribution in [3.63, 3.8) is 0 Å². The number of hydrogen-bond donors (Lipinski definition) is 2. The monoisotopic (exact) mass is 884 g/mol. The molecule has 0 saturated carbocycles. The number of ether oxygens (including phenoxy) is 2. The summed E-state index contributed by atoms with van der Waals surface area (Å²) in [5.41, 5.74) is 5.30. The van der Waals surface area contributed by atoms with Crippen LogP contribution in [0.15, 0.2) is 121 Å². The van der Waals surface area contributed by atoms with Gasteiger partial charge in [-0.25, -0.2) is 13.6 Å². The number of benzene rings is 4. The van der Waals surface area contributed by atoms with Crippen molar-refractivity contribution in [3.8, 4) is 45.5 Å². The van der Waals surface area contributed by atoms with Crippen LogP contribution in [0.4, 0.5) is 8.78 Å². The predicted molar refractivity (Wildman–Crippen MR) is 251 cm³/mol. The van der Waals surface area contributed by atoms with Crippen LogP contribution in [-0.2, 0) is 0 Å². The van der Waals surface area contributed by atoms with E-state index in [0.29, 0.717) is 39.9 Å². The van der Waals surface area contributed by atoms with Gasteiger partial charge in [0.2, 0.25) is 0 Å². The van der Waals surface area contributed by atoms with Crippen LogP contribution in [0.25, 0.3) is 22.5 Å². The van der Waals surface area contributed by atoms with Gasteiger partial charge in [0.25, 0.3) is 5.91 Å². The summed E-state index contributed by atoms with van der Waals surface area (Å²) in [6, 6.07) is 34.1. The molecule has 1 amide bonds. The number of halogens is 2. The highest BCUT2D eigenvalue weighted by Gasteiger charge is 2.25. The van der Waals surface area contributed by atoms with Crippen LogP contribution in [0.5, 0.6) is 23.0 Å². The highest BCUT2D eigenvalue weighted by Crippen LogP contribution is 2.28. The molecule has 2 aromatic heterocycles. The van der Waals surface area contributed by atoms with Crippen molar-refractivity contribution in [2.24, 2.45) is 0 Å². The molecule has 2 fully saturated rings. The standard InChI is InChI=1S/C26H28FN3O2.C19H14FNO3.C7H16N2/c1-18-16-20(26(31)30(3)22-12-14-29(2)15-13-22)17-25(28-18)19-4-8-23(9-5-19)32-24-10-6-21(27)7-11-24;1-12-10-14(19(22)23)11-18(21-12)13-2-6-16(7-3-13)24-17-8-4-15(20)5-9-17;1-8-7-3-5-9(2)6-4-7/h4-11,16-17,22H,12-15H2,1-3H3;2-11H,1H3,(H,22,23);7-8H,3-6H2,1-2H3. The number of amides is 1. The van der Waals surface area contributed by atoms with E-state index < -0.39 is 5.97 Å². The molecule has 0 atom stereocenters. The number of hydrogen-bond acceptors (Lipinski definition) is 9. The fourth-order valence-corrected chi connectivity index (χ4v) is 7.59. The van der Waals surface area contributed by atoms with Crippen molar-refractivity contribution in [2.75, 3.05) is 54.4 Å². The zero-order chi connectivity index (χ0) is 46.5. The van der Waals surface area contributed by atoms with Gasteiger partial charge in [0, 0.05) is 47.2 Å². The highest BCUT2D eigenvalue weighted by molar-refractivity contribution is 5.95. The first-order chi connectivity index (χ1) is 31.2. The number of likely N-dealkylation sites (tertiary alicyclic amines) is 2. The van der Waals surface area contributed by atoms with Gasteiger partial charge in [-0.2, -0.15) is 0 Å². The van der Waals surface area contributed by atoms with Crippen molar-refractivity contribution in [2.45, 2.75) is 51.6 Å². The Morgan fingerprint density at radius 3 is 1.38 bits per heavy atom. The van der Waals surface area contributed by atoms with E-state index in [4.69, 9.17) is 14.6 Å². The summed E-state index contributed by atoms with van der Waals surface area (Å²) >= 11 is 0. The number of aromatic carboxylic acids is 1. The third kappa shape index (κ3) is 14.2. The van der Waals surface area contributed by atoms with Gasteiger partial charge < -0.3 is 34.6 Å². The Balaban J connectivity index is 0.000000186. The maximum atomic E-state index is 13.2. The van der Waals surface area contributed by atoms with Crippen molar-refractivity contribution >= 4 is 11.9 Å². The molecule has 8 rings (SSSR count). The molecule has 6 aromatic rings. The van der Waals surface area contributed by atoms with Gasteiger partial charge in [-0.05, 0) is 208 Å². The van der Waals surface area contributed by atoms with Crippen molar-refractivity contribution < 1.29 is 33.0 Å². The van der Waals surface area contributed by atoms with Crippen molar-refractivity contribution in [1.82, 2.24) is 30.0 Å². The summed E-state index contributed by atoms with van der Waals surface area (Å²) in [6.07, 6.45) is 4.61. The number of carboxylic acids is 1. The number of piperidine rings is 2. The second kappa shape index (κ2) is 22.9. The average Bonchev–Trinajstić information content (AvgIpc) is 3.31. The zero-order valence-electron chi connectivity index (χ0n) is 37.9. The molecule has 340 valence electrons. The minimum atomic E-state index is -0.988. The fourth-order valence-electron chi connectivity index (χ4n) is 7.59. The number of nitrogens with zero attached hydrogens (tertiary/aromatic N) is 5. The lowest BCUT2D eigenvalue weighted by molar-refractivity contribution is 0.0657. The van der Waals surface area contributed by atoms with Gasteiger partial charge in [0.15, 0.2) is 0 Å². The number of rotatable bonds is 10. The van der Waals surface area contributed by atoms with Gasteiger partial charge in [0.05, 0.1) is 17.0 Å². The minimum absolute atomic E-state index is 0.0302. The topological polar surface area (TPSA) is 120 Å². The van der Waals surface area contributed by atoms with Crippen LogP contribution < -0.4 is 14.8 Å². The molecule has 4 aromatic carbocycles. The summed E-state index contributed by atoms with van der Waals surface area (Å²) in [5, 5.41) is 12.4. The average molecular weight is 885 g/mol. The first-order valence-electron chi connectivity index (χ1n) is 21.8. The van der Waals surface area contributed by atoms with E-state index in [1.807, 2.05) is 55.3 Å². The molecule has 2 saturated heterocycles. The molecular formula is C52H58F2N6O5. The van der Waals surface area contributed by atoms with Gasteiger partial charge in [-0.15, -0.1) is 0 Å². The molecule has 0 unspecified atom stereocenters. The minimum Gasteiger partial charge on any atom is -0.478 e. The molecule has 11 nitrogen and oxygen atoms in total. The van der Waals surface area contributed by atoms with Gasteiger partial charge in [-0.3, -0.25) is 14.8 Å². The number of pyridine rings is 2. The number of aromatic nitrogens is 2. The molecule has 65 heavy (non-hydrogen) atoms. The first-order valence-corrected chi connectivity index (χ1v) is 21.8. The molecule has 0 bridgehead atoms. The maximum absolute atomic E-state index is 13.2. The van der Waals surface area contributed by atoms with Gasteiger partial charge >= 0.3 is 5.97 Å². The van der Waals surface area contributed by atoms with Crippen molar-refractivity contribution in [3.05, 3.63) is 155 Å². The molecule has 2 aliphatic heterocycles. The maximum Gasteiger partial charge on any atom is 0.335 e. The quantitative estimate of drug-likeness (QED) is 0.138. The Hall–Kier alpha value is -6.54. The van der Waals surface area contributed by atoms with Crippen LogP contribution in [0.1, 0.15) is 57.8 Å². The predicted octanol–water partition coefficient (Wildman–Crippen LogP) is 10.1. The lowest BCUT2D eigenvalue weighted by Gasteiger charge is -2.35. The third-order valence-corrected chi connectivity index (χ3v) is 11.5. The molecule has 2 aliphatic rings. The Bertz CT molecular complexity index is 2470. The molecule has 0 aliphatic carbocycles. The second-order valence-electron chi connectivity index (χ2n) is 16.5. The number of nitrogens with one attached hydrogen (secondary N) is 1. The van der Waals surface area contributed by atoms with Crippen LogP contribution >= 0.6 is 0 Å². The molecule has 0 spiro atoms. The van der Waals surface area contributed by atoms with Crippen LogP contribution in [0, 0.1) is 25.5 Å². The summed E-state index contributed by atoms with van der Waals surface area (Å²) in [4.78, 5) is 39.9. The highest BCUT2D eigenvalue weighted by atomic mass is 19.1. The van der Waals surface area contributed by atoms with E-state index in [1.54, 1.807) is 55.5 Å². The summed E-state index contributed by atoms with van der Waals surface area (Å²) in [5.74, 6) is 0.759. The van der Waals surface area contributed by atoms with Crippen LogP contribution in [0.3, 0.4) is 0 Å². The van der Waals surface area contributed by atoms with Crippen molar-refractivity contribution in [1.29, 1.82) is 0 Å². The lowest BCUT2D eigenvalue weighted by atomic mass is 10.0. The smallest absolute Gasteiger partial charge is 0.335 e. The van der Waals surface area contributed by atoms with E-state index >= 15 is 0 Å². The van der Waals surface area contributed by atoms with E-state index in [1.165, 1.54) is 62.3 Å². The largest absolute Gasteiger partial charge is 0.478 e. The summed E-state index contributed by atoms with van der Waals surface area (Å²) in [7, 11) is 8.25. The lowest BCUT2D eigenvalue weighted by Crippen LogP contribution is -2.44. The number of carbonyl (C=O) groups excluding carboxylic acids is 1. The van der Waals surface area contributed by atoms with Gasteiger partial charge in [0.1, 0.15) is 34.6 Å². The number of aryl methyl sites for hydroxylation is 2. The normalized spacial score (nSPS) is 14.6. The number of carboxylic acid groups (broad SMARTS) is 1. The fraction of sp³-hybridized carbons (Fsp3) is 0.308. The molecule has 4 heterocycles. The Labute approximate surface area is 380 Å². The Kier molecular flexibility index (Phi) is 16.9. The van der Waals surface area contributed by atoms with E-state index in [9.17, 15) is 18.4 Å². The number of carbonyl (C=O) groups is 2. The second-order valence-corrected chi connectivity index (χ2v) is 16.5.